The van der Waals surface area contributed by atoms with Gasteiger partial charge in [0.2, 0.25) is 0 Å². The van der Waals surface area contributed by atoms with Gasteiger partial charge >= 0.3 is 5.97 Å². The summed E-state index contributed by atoms with van der Waals surface area (Å²) < 4.78 is 5.52. The number of benzene rings is 1. The molecule has 0 amide bonds. The Labute approximate surface area is 152 Å². The molecular weight excluding hydrogens is 336 g/mol. The summed E-state index contributed by atoms with van der Waals surface area (Å²) in [4.78, 5) is 12.4. The van der Waals surface area contributed by atoms with Crippen LogP contribution in [0.15, 0.2) is 24.3 Å². The maximum atomic E-state index is 12.4. The highest BCUT2D eigenvalue weighted by molar-refractivity contribution is 6.78. The number of hydrogen-bond acceptors (Lipinski definition) is 2. The van der Waals surface area contributed by atoms with Crippen LogP contribution >= 0.6 is 11.6 Å². The summed E-state index contributed by atoms with van der Waals surface area (Å²) >= 11 is 5.86. The van der Waals surface area contributed by atoms with Crippen LogP contribution in [0.3, 0.4) is 0 Å². The largest absolute Gasteiger partial charge is 0.426 e. The molecule has 0 spiro atoms. The Hall–Kier alpha value is -0.803. The van der Waals surface area contributed by atoms with Crippen molar-refractivity contribution in [2.75, 3.05) is 0 Å². The third-order valence-electron chi connectivity index (χ3n) is 5.44. The topological polar surface area (TPSA) is 26.3 Å². The summed E-state index contributed by atoms with van der Waals surface area (Å²) in [5.41, 5.74) is 0. The number of carbonyl (C=O) groups is 1. The zero-order valence-corrected chi connectivity index (χ0v) is 16.9. The summed E-state index contributed by atoms with van der Waals surface area (Å²) in [7, 11) is -1.11. The van der Waals surface area contributed by atoms with Gasteiger partial charge in [-0.15, -0.1) is 0 Å². The zero-order chi connectivity index (χ0) is 17.4. The number of ether oxygens (including phenoxy) is 1. The Kier molecular flexibility index (Phi) is 7.83. The summed E-state index contributed by atoms with van der Waals surface area (Å²) in [6.07, 6.45) is 8.88. The average molecular weight is 367 g/mol. The number of rotatable bonds is 8. The van der Waals surface area contributed by atoms with Crippen LogP contribution in [-0.2, 0) is 4.79 Å². The first-order valence-corrected chi connectivity index (χ1v) is 13.0. The minimum absolute atomic E-state index is 0.0590. The minimum Gasteiger partial charge on any atom is -0.426 e. The first-order valence-electron chi connectivity index (χ1n) is 9.50. The van der Waals surface area contributed by atoms with Gasteiger partial charge in [0.05, 0.1) is 14.0 Å². The van der Waals surface area contributed by atoms with Gasteiger partial charge in [-0.05, 0) is 37.1 Å². The van der Waals surface area contributed by atoms with Crippen molar-refractivity contribution in [3.63, 3.8) is 0 Å². The van der Waals surface area contributed by atoms with Crippen LogP contribution in [0, 0.1) is 5.92 Å². The van der Waals surface area contributed by atoms with Crippen molar-refractivity contribution in [2.45, 2.75) is 76.5 Å². The highest BCUT2D eigenvalue weighted by atomic mass is 35.5. The lowest BCUT2D eigenvalue weighted by Gasteiger charge is -2.35. The molecule has 134 valence electrons. The Balaban J connectivity index is 1.72. The number of unbranched alkanes of at least 4 members (excludes halogenated alkanes) is 4. The highest BCUT2D eigenvalue weighted by Gasteiger charge is 2.35. The first kappa shape index (κ1) is 19.5. The van der Waals surface area contributed by atoms with E-state index in [0.717, 1.165) is 12.8 Å². The van der Waals surface area contributed by atoms with Crippen molar-refractivity contribution >= 4 is 25.6 Å². The second-order valence-electron chi connectivity index (χ2n) is 7.62. The molecule has 1 aliphatic rings. The quantitative estimate of drug-likeness (QED) is 0.221. The van der Waals surface area contributed by atoms with Crippen molar-refractivity contribution < 1.29 is 9.53 Å². The fourth-order valence-electron chi connectivity index (χ4n) is 3.66. The van der Waals surface area contributed by atoms with Gasteiger partial charge < -0.3 is 4.74 Å². The number of carbonyl (C=O) groups excluding carboxylic acids is 1. The van der Waals surface area contributed by atoms with Crippen LogP contribution in [0.5, 0.6) is 5.75 Å². The van der Waals surface area contributed by atoms with Gasteiger partial charge in [-0.3, -0.25) is 4.79 Å². The standard InChI is InChI=1S/C20H31ClO2Si/c1-3-4-5-6-7-14-24(2)15-12-17(13-16-24)20(22)23-19-10-8-18(21)9-11-19/h8-11,17H,3-7,12-16H2,1-2H3/t17-,24-. The van der Waals surface area contributed by atoms with Crippen molar-refractivity contribution in [3.8, 4) is 5.75 Å². The van der Waals surface area contributed by atoms with Gasteiger partial charge in [0.15, 0.2) is 0 Å². The van der Waals surface area contributed by atoms with E-state index in [1.165, 1.54) is 50.2 Å². The van der Waals surface area contributed by atoms with Gasteiger partial charge in [-0.25, -0.2) is 0 Å². The molecule has 2 rings (SSSR count). The molecule has 1 fully saturated rings. The number of hydrogen-bond donors (Lipinski definition) is 0. The van der Waals surface area contributed by atoms with Crippen molar-refractivity contribution in [3.05, 3.63) is 29.3 Å². The summed E-state index contributed by atoms with van der Waals surface area (Å²) in [6, 6.07) is 11.0. The molecule has 0 radical (unpaired) electrons. The molecule has 0 unspecified atom stereocenters. The molecule has 0 N–H and O–H groups in total. The second kappa shape index (κ2) is 9.62. The molecule has 1 saturated heterocycles. The third-order valence-corrected chi connectivity index (χ3v) is 10.2. The molecule has 1 heterocycles. The highest BCUT2D eigenvalue weighted by Crippen LogP contribution is 2.37. The Morgan fingerprint density at radius 3 is 2.38 bits per heavy atom. The molecule has 2 nitrogen and oxygen atoms in total. The lowest BCUT2D eigenvalue weighted by Crippen LogP contribution is -2.37. The molecule has 0 atom stereocenters. The van der Waals surface area contributed by atoms with E-state index in [1.54, 1.807) is 24.3 Å². The van der Waals surface area contributed by atoms with Gasteiger partial charge in [-0.1, -0.05) is 75.3 Å². The van der Waals surface area contributed by atoms with E-state index in [-0.39, 0.29) is 11.9 Å². The Morgan fingerprint density at radius 1 is 1.12 bits per heavy atom. The monoisotopic (exact) mass is 366 g/mol. The molecule has 1 aliphatic heterocycles. The molecular formula is C20H31ClO2Si. The maximum Gasteiger partial charge on any atom is 0.314 e. The van der Waals surface area contributed by atoms with Gasteiger partial charge in [-0.2, -0.15) is 0 Å². The summed E-state index contributed by atoms with van der Waals surface area (Å²) in [6.45, 7) is 4.80. The lowest BCUT2D eigenvalue weighted by atomic mass is 10.0. The normalized spacial score (nSPS) is 23.9. The molecule has 0 saturated carbocycles. The molecule has 1 aromatic rings. The first-order chi connectivity index (χ1) is 11.5. The molecule has 1 aromatic carbocycles. The number of halogens is 1. The molecule has 0 bridgehead atoms. The smallest absolute Gasteiger partial charge is 0.314 e. The van der Waals surface area contributed by atoms with E-state index in [9.17, 15) is 4.79 Å². The third kappa shape index (κ3) is 6.25. The fraction of sp³-hybridized carbons (Fsp3) is 0.650. The predicted octanol–water partition coefficient (Wildman–Crippen LogP) is 6.70. The van der Waals surface area contributed by atoms with E-state index in [2.05, 4.69) is 13.5 Å². The van der Waals surface area contributed by atoms with Crippen molar-refractivity contribution in [1.82, 2.24) is 0 Å². The number of esters is 1. The second-order valence-corrected chi connectivity index (χ2v) is 13.2. The Morgan fingerprint density at radius 2 is 1.75 bits per heavy atom. The van der Waals surface area contributed by atoms with Crippen LogP contribution < -0.4 is 4.74 Å². The van der Waals surface area contributed by atoms with E-state index in [1.807, 2.05) is 0 Å². The zero-order valence-electron chi connectivity index (χ0n) is 15.2. The molecule has 4 heteroatoms. The summed E-state index contributed by atoms with van der Waals surface area (Å²) in [5, 5.41) is 0.660. The van der Waals surface area contributed by atoms with Crippen LogP contribution in [-0.4, -0.2) is 14.0 Å². The van der Waals surface area contributed by atoms with E-state index < -0.39 is 8.07 Å². The molecule has 0 aliphatic carbocycles. The van der Waals surface area contributed by atoms with Crippen molar-refractivity contribution in [2.24, 2.45) is 5.92 Å². The van der Waals surface area contributed by atoms with Crippen LogP contribution in [0.25, 0.3) is 0 Å². The maximum absolute atomic E-state index is 12.4. The van der Waals surface area contributed by atoms with Crippen molar-refractivity contribution in [1.29, 1.82) is 0 Å². The van der Waals surface area contributed by atoms with E-state index in [4.69, 9.17) is 16.3 Å². The average Bonchev–Trinajstić information content (AvgIpc) is 2.57. The van der Waals surface area contributed by atoms with Crippen LogP contribution in [0.2, 0.25) is 29.7 Å². The summed E-state index contributed by atoms with van der Waals surface area (Å²) in [5.74, 6) is 0.628. The fourth-order valence-corrected chi connectivity index (χ4v) is 7.73. The van der Waals surface area contributed by atoms with Gasteiger partial charge in [0.25, 0.3) is 0 Å². The van der Waals surface area contributed by atoms with Crippen LogP contribution in [0.4, 0.5) is 0 Å². The van der Waals surface area contributed by atoms with Gasteiger partial charge in [0, 0.05) is 5.02 Å². The van der Waals surface area contributed by atoms with Crippen LogP contribution in [0.1, 0.15) is 51.9 Å². The van der Waals surface area contributed by atoms with Gasteiger partial charge in [0.1, 0.15) is 5.75 Å². The molecule has 0 aromatic heterocycles. The lowest BCUT2D eigenvalue weighted by molar-refractivity contribution is -0.139. The minimum atomic E-state index is -1.11. The molecule has 24 heavy (non-hydrogen) atoms. The SMILES string of the molecule is CCCCCCC[Si@]1(C)CC[C@@H](C(=O)Oc2ccc(Cl)cc2)CC1. The predicted molar refractivity (Wildman–Crippen MR) is 105 cm³/mol. The Bertz CT molecular complexity index is 507. The van der Waals surface area contributed by atoms with E-state index >= 15 is 0 Å². The van der Waals surface area contributed by atoms with E-state index in [0.29, 0.717) is 10.8 Å².